The molecule has 0 aliphatic rings. The third kappa shape index (κ3) is 1.82. The summed E-state index contributed by atoms with van der Waals surface area (Å²) in [6, 6.07) is 9.49. The Morgan fingerprint density at radius 1 is 1.33 bits per heavy atom. The van der Waals surface area contributed by atoms with Crippen molar-refractivity contribution in [2.45, 2.75) is 0 Å². The maximum absolute atomic E-state index is 4.98. The summed E-state index contributed by atoms with van der Waals surface area (Å²) in [5, 5.41) is 8.54. The van der Waals surface area contributed by atoms with E-state index in [1.807, 2.05) is 30.3 Å². The van der Waals surface area contributed by atoms with Crippen LogP contribution in [-0.4, -0.2) is 13.1 Å². The Labute approximate surface area is 71.0 Å². The van der Waals surface area contributed by atoms with Gasteiger partial charge in [0.2, 0.25) is 0 Å². The van der Waals surface area contributed by atoms with Gasteiger partial charge in [0.25, 0.3) is 0 Å². The summed E-state index contributed by atoms with van der Waals surface area (Å²) in [7, 11) is 0. The minimum atomic E-state index is 0.877. The van der Waals surface area contributed by atoms with E-state index in [-0.39, 0.29) is 0 Å². The third-order valence-corrected chi connectivity index (χ3v) is 1.35. The molecule has 0 aliphatic carbocycles. The van der Waals surface area contributed by atoms with Gasteiger partial charge in [0, 0.05) is 6.72 Å². The molecule has 0 amide bonds. The average molecular weight is 162 g/mol. The number of rotatable bonds is 3. The maximum atomic E-state index is 4.98. The van der Waals surface area contributed by atoms with E-state index in [0.717, 1.165) is 5.69 Å². The topological polar surface area (TPSA) is 54.0 Å². The van der Waals surface area contributed by atoms with Gasteiger partial charge in [0.05, 0.1) is 5.69 Å². The summed E-state index contributed by atoms with van der Waals surface area (Å²) in [4.78, 5) is 0. The van der Waals surface area contributed by atoms with Crippen molar-refractivity contribution in [3.63, 3.8) is 0 Å². The van der Waals surface area contributed by atoms with Crippen LogP contribution in [0.25, 0.3) is 0 Å². The molecule has 1 aromatic carbocycles. The highest BCUT2D eigenvalue weighted by Gasteiger charge is 1.96. The molecule has 4 heteroatoms. The Morgan fingerprint density at radius 2 is 2.00 bits per heavy atom. The van der Waals surface area contributed by atoms with E-state index in [9.17, 15) is 0 Å². The molecule has 12 heavy (non-hydrogen) atoms. The van der Waals surface area contributed by atoms with E-state index in [4.69, 9.17) is 5.84 Å². The fourth-order valence-electron chi connectivity index (χ4n) is 0.829. The smallest absolute Gasteiger partial charge is 0.137 e. The van der Waals surface area contributed by atoms with Gasteiger partial charge in [-0.15, -0.1) is 0 Å². The summed E-state index contributed by atoms with van der Waals surface area (Å²) in [6.45, 7) is 3.39. The number of nitrogens with zero attached hydrogens (tertiary/aromatic N) is 3. The van der Waals surface area contributed by atoms with E-state index in [2.05, 4.69) is 16.9 Å². The quantitative estimate of drug-likeness (QED) is 0.312. The summed E-state index contributed by atoms with van der Waals surface area (Å²) in [6.07, 6.45) is 1.39. The van der Waals surface area contributed by atoms with Gasteiger partial charge in [-0.3, -0.25) is 0 Å². The van der Waals surface area contributed by atoms with Gasteiger partial charge < -0.3 is 5.84 Å². The number of hydrogen-bond donors (Lipinski definition) is 1. The summed E-state index contributed by atoms with van der Waals surface area (Å²) < 4.78 is 0. The molecule has 0 heterocycles. The lowest BCUT2D eigenvalue weighted by Crippen LogP contribution is -2.13. The van der Waals surface area contributed by atoms with Gasteiger partial charge in [-0.05, 0) is 12.1 Å². The normalized spacial score (nSPS) is 10.0. The second kappa shape index (κ2) is 4.12. The van der Waals surface area contributed by atoms with Crippen molar-refractivity contribution in [1.82, 2.24) is 0 Å². The molecular formula is C8H10N4. The zero-order chi connectivity index (χ0) is 8.81. The maximum Gasteiger partial charge on any atom is 0.137 e. The van der Waals surface area contributed by atoms with Crippen molar-refractivity contribution in [3.8, 4) is 0 Å². The SMILES string of the molecule is C=NN(/C=N\N)c1ccccc1. The second-order valence-corrected chi connectivity index (χ2v) is 2.09. The number of hydrogen-bond acceptors (Lipinski definition) is 3. The molecular weight excluding hydrogens is 152 g/mol. The highest BCUT2D eigenvalue weighted by molar-refractivity contribution is 5.78. The Balaban J connectivity index is 2.87. The lowest BCUT2D eigenvalue weighted by atomic mass is 10.3. The molecule has 0 aliphatic heterocycles. The number of anilines is 1. The number of para-hydroxylation sites is 1. The molecule has 1 rings (SSSR count). The highest BCUT2D eigenvalue weighted by atomic mass is 15.5. The first-order valence-electron chi connectivity index (χ1n) is 3.43. The predicted molar refractivity (Wildman–Crippen MR) is 51.1 cm³/mol. The molecule has 0 bridgehead atoms. The summed E-state index contributed by atoms with van der Waals surface area (Å²) in [5.74, 6) is 4.98. The van der Waals surface area contributed by atoms with Crippen LogP contribution in [0, 0.1) is 0 Å². The van der Waals surface area contributed by atoms with Gasteiger partial charge in [-0.1, -0.05) is 18.2 Å². The zero-order valence-corrected chi connectivity index (χ0v) is 6.59. The van der Waals surface area contributed by atoms with E-state index in [1.54, 1.807) is 0 Å². The first-order valence-corrected chi connectivity index (χ1v) is 3.43. The lowest BCUT2D eigenvalue weighted by Gasteiger charge is -2.10. The van der Waals surface area contributed by atoms with Crippen LogP contribution in [0.2, 0.25) is 0 Å². The van der Waals surface area contributed by atoms with Crippen LogP contribution in [0.5, 0.6) is 0 Å². The Morgan fingerprint density at radius 3 is 2.50 bits per heavy atom. The monoisotopic (exact) mass is 162 g/mol. The first kappa shape index (κ1) is 8.26. The molecule has 2 N–H and O–H groups in total. The fraction of sp³-hybridized carbons (Fsp3) is 0. The molecule has 0 unspecified atom stereocenters. The van der Waals surface area contributed by atoms with Crippen LogP contribution >= 0.6 is 0 Å². The summed E-state index contributed by atoms with van der Waals surface area (Å²) >= 11 is 0. The van der Waals surface area contributed by atoms with E-state index >= 15 is 0 Å². The molecule has 1 aromatic rings. The Hall–Kier alpha value is -1.84. The predicted octanol–water partition coefficient (Wildman–Crippen LogP) is 1.01. The minimum Gasteiger partial charge on any atom is -0.322 e. The molecule has 0 saturated heterocycles. The Kier molecular flexibility index (Phi) is 2.84. The number of hydrazone groups is 2. The van der Waals surface area contributed by atoms with Crippen molar-refractivity contribution in [2.24, 2.45) is 16.0 Å². The molecule has 0 spiro atoms. The second-order valence-electron chi connectivity index (χ2n) is 2.09. The van der Waals surface area contributed by atoms with Gasteiger partial charge >= 0.3 is 0 Å². The van der Waals surface area contributed by atoms with Crippen molar-refractivity contribution < 1.29 is 0 Å². The summed E-state index contributed by atoms with van der Waals surface area (Å²) in [5.41, 5.74) is 0.877. The molecule has 0 atom stereocenters. The van der Waals surface area contributed by atoms with Gasteiger partial charge in [0.15, 0.2) is 0 Å². The standard InChI is InChI=1S/C8H10N4/c1-10-12(7-11-9)8-5-3-2-4-6-8/h2-7H,1,9H2/b11-7-. The van der Waals surface area contributed by atoms with Crippen LogP contribution in [0.4, 0.5) is 5.69 Å². The number of benzene rings is 1. The van der Waals surface area contributed by atoms with Gasteiger partial charge in [0.1, 0.15) is 6.34 Å². The first-order chi connectivity index (χ1) is 5.88. The minimum absolute atomic E-state index is 0.877. The lowest BCUT2D eigenvalue weighted by molar-refractivity contribution is 1.13. The molecule has 0 fully saturated rings. The zero-order valence-electron chi connectivity index (χ0n) is 6.59. The van der Waals surface area contributed by atoms with Crippen molar-refractivity contribution in [1.29, 1.82) is 0 Å². The molecule has 0 radical (unpaired) electrons. The van der Waals surface area contributed by atoms with Crippen LogP contribution < -0.4 is 10.9 Å². The molecule has 62 valence electrons. The molecule has 0 aromatic heterocycles. The highest BCUT2D eigenvalue weighted by Crippen LogP contribution is 2.10. The van der Waals surface area contributed by atoms with Gasteiger partial charge in [-0.2, -0.15) is 10.2 Å². The van der Waals surface area contributed by atoms with E-state index < -0.39 is 0 Å². The third-order valence-electron chi connectivity index (χ3n) is 1.35. The van der Waals surface area contributed by atoms with Crippen molar-refractivity contribution in [2.75, 3.05) is 5.01 Å². The van der Waals surface area contributed by atoms with Crippen LogP contribution in [-0.2, 0) is 0 Å². The van der Waals surface area contributed by atoms with Gasteiger partial charge in [-0.25, -0.2) is 5.01 Å². The van der Waals surface area contributed by atoms with Crippen LogP contribution in [0.15, 0.2) is 40.5 Å². The fourth-order valence-corrected chi connectivity index (χ4v) is 0.829. The largest absolute Gasteiger partial charge is 0.322 e. The number of nitrogens with two attached hydrogens (primary N) is 1. The van der Waals surface area contributed by atoms with Crippen LogP contribution in [0.3, 0.4) is 0 Å². The van der Waals surface area contributed by atoms with E-state index in [0.29, 0.717) is 0 Å². The van der Waals surface area contributed by atoms with Crippen molar-refractivity contribution in [3.05, 3.63) is 30.3 Å². The molecule has 0 saturated carbocycles. The Bertz CT molecular complexity index is 268. The van der Waals surface area contributed by atoms with Crippen molar-refractivity contribution >= 4 is 18.7 Å². The van der Waals surface area contributed by atoms with E-state index in [1.165, 1.54) is 11.3 Å². The van der Waals surface area contributed by atoms with Crippen LogP contribution in [0.1, 0.15) is 0 Å². The average Bonchev–Trinajstić information content (AvgIpc) is 2.15. The molecule has 4 nitrogen and oxygen atoms in total.